The van der Waals surface area contributed by atoms with Crippen LogP contribution in [0.3, 0.4) is 0 Å². The predicted molar refractivity (Wildman–Crippen MR) is 74.5 cm³/mol. The van der Waals surface area contributed by atoms with E-state index in [-0.39, 0.29) is 13.0 Å². The van der Waals surface area contributed by atoms with Gasteiger partial charge in [0.05, 0.1) is 17.6 Å². The highest BCUT2D eigenvalue weighted by molar-refractivity contribution is 5.78. The molecule has 0 atom stereocenters. The maximum atomic E-state index is 12.6. The first-order valence-electron chi connectivity index (χ1n) is 6.64. The average molecular weight is 296 g/mol. The largest absolute Gasteiger partial charge is 0.412 e. The van der Waals surface area contributed by atoms with Crippen molar-refractivity contribution in [1.82, 2.24) is 14.9 Å². The lowest BCUT2D eigenvalue weighted by Gasteiger charge is -2.26. The molecule has 7 heteroatoms. The topological polar surface area (TPSA) is 57.9 Å². The SMILES string of the molecule is Nc1ccc2nc(CN3CC=C(C(F)(F)F)CC3)[nH]c2c1. The van der Waals surface area contributed by atoms with Crippen LogP contribution in [0.1, 0.15) is 12.2 Å². The van der Waals surface area contributed by atoms with Crippen LogP contribution in [0, 0.1) is 0 Å². The fourth-order valence-electron chi connectivity index (χ4n) is 2.48. The Morgan fingerprint density at radius 1 is 1.33 bits per heavy atom. The van der Waals surface area contributed by atoms with Gasteiger partial charge in [-0.05, 0) is 24.6 Å². The summed E-state index contributed by atoms with van der Waals surface area (Å²) in [5.74, 6) is 0.736. The summed E-state index contributed by atoms with van der Waals surface area (Å²) < 4.78 is 37.7. The Bertz CT molecular complexity index is 687. The Kier molecular flexibility index (Phi) is 3.36. The zero-order valence-corrected chi connectivity index (χ0v) is 11.2. The Labute approximate surface area is 119 Å². The van der Waals surface area contributed by atoms with Crippen LogP contribution in [0.15, 0.2) is 29.8 Å². The second kappa shape index (κ2) is 5.07. The molecule has 0 amide bonds. The number of hydrogen-bond donors (Lipinski definition) is 2. The number of aromatic nitrogens is 2. The lowest BCUT2D eigenvalue weighted by Crippen LogP contribution is -2.31. The molecule has 21 heavy (non-hydrogen) atoms. The van der Waals surface area contributed by atoms with Gasteiger partial charge >= 0.3 is 6.18 Å². The number of aromatic amines is 1. The minimum Gasteiger partial charge on any atom is -0.399 e. The fourth-order valence-corrected chi connectivity index (χ4v) is 2.48. The third-order valence-corrected chi connectivity index (χ3v) is 3.59. The second-order valence-electron chi connectivity index (χ2n) is 5.17. The Balaban J connectivity index is 1.71. The summed E-state index contributed by atoms with van der Waals surface area (Å²) in [6.07, 6.45) is -2.93. The third-order valence-electron chi connectivity index (χ3n) is 3.59. The van der Waals surface area contributed by atoms with E-state index in [1.807, 2.05) is 11.0 Å². The van der Waals surface area contributed by atoms with Crippen LogP contribution in [-0.2, 0) is 6.54 Å². The first-order valence-corrected chi connectivity index (χ1v) is 6.64. The van der Waals surface area contributed by atoms with E-state index < -0.39 is 11.7 Å². The van der Waals surface area contributed by atoms with Crippen molar-refractivity contribution in [1.29, 1.82) is 0 Å². The maximum Gasteiger partial charge on any atom is 0.412 e. The zero-order chi connectivity index (χ0) is 15.0. The van der Waals surface area contributed by atoms with Gasteiger partial charge in [-0.15, -0.1) is 0 Å². The van der Waals surface area contributed by atoms with Gasteiger partial charge in [0, 0.05) is 24.4 Å². The molecule has 2 heterocycles. The van der Waals surface area contributed by atoms with Crippen LogP contribution >= 0.6 is 0 Å². The molecule has 0 fully saturated rings. The lowest BCUT2D eigenvalue weighted by molar-refractivity contribution is -0.0960. The quantitative estimate of drug-likeness (QED) is 0.662. The number of anilines is 1. The summed E-state index contributed by atoms with van der Waals surface area (Å²) in [6.45, 7) is 1.16. The molecule has 1 aromatic heterocycles. The normalized spacial score (nSPS) is 17.2. The van der Waals surface area contributed by atoms with Crippen LogP contribution in [0.2, 0.25) is 0 Å². The molecule has 112 valence electrons. The highest BCUT2D eigenvalue weighted by Crippen LogP contribution is 2.30. The van der Waals surface area contributed by atoms with Crippen LogP contribution in [0.25, 0.3) is 11.0 Å². The van der Waals surface area contributed by atoms with E-state index in [1.54, 1.807) is 12.1 Å². The number of alkyl halides is 3. The number of imidazole rings is 1. The van der Waals surface area contributed by atoms with Crippen molar-refractivity contribution in [2.24, 2.45) is 0 Å². The summed E-state index contributed by atoms with van der Waals surface area (Å²) in [4.78, 5) is 9.50. The molecule has 0 saturated carbocycles. The van der Waals surface area contributed by atoms with Gasteiger partial charge in [0.15, 0.2) is 0 Å². The van der Waals surface area contributed by atoms with E-state index in [0.29, 0.717) is 18.8 Å². The monoisotopic (exact) mass is 296 g/mol. The smallest absolute Gasteiger partial charge is 0.399 e. The standard InChI is InChI=1S/C14H15F3N4/c15-14(16,17)9-3-5-21(6-4-9)8-13-19-11-2-1-10(18)7-12(11)20-13/h1-3,7H,4-6,8,18H2,(H,19,20). The highest BCUT2D eigenvalue weighted by atomic mass is 19.4. The molecule has 1 aliphatic rings. The molecular weight excluding hydrogens is 281 g/mol. The number of nitrogens with one attached hydrogen (secondary N) is 1. The highest BCUT2D eigenvalue weighted by Gasteiger charge is 2.34. The molecule has 1 aliphatic heterocycles. The summed E-state index contributed by atoms with van der Waals surface area (Å²) in [7, 11) is 0. The van der Waals surface area contributed by atoms with Gasteiger partial charge in [-0.25, -0.2) is 4.98 Å². The molecule has 0 bridgehead atoms. The molecule has 4 nitrogen and oxygen atoms in total. The van der Waals surface area contributed by atoms with Crippen molar-refractivity contribution < 1.29 is 13.2 Å². The van der Waals surface area contributed by atoms with E-state index in [9.17, 15) is 13.2 Å². The second-order valence-corrected chi connectivity index (χ2v) is 5.17. The minimum absolute atomic E-state index is 0.0245. The molecule has 0 radical (unpaired) electrons. The lowest BCUT2D eigenvalue weighted by atomic mass is 10.1. The summed E-state index contributed by atoms with van der Waals surface area (Å²) in [5, 5.41) is 0. The summed E-state index contributed by atoms with van der Waals surface area (Å²) in [6, 6.07) is 5.39. The number of rotatable bonds is 2. The number of halogens is 3. The van der Waals surface area contributed by atoms with E-state index in [2.05, 4.69) is 9.97 Å². The van der Waals surface area contributed by atoms with Gasteiger partial charge in [-0.2, -0.15) is 13.2 Å². The number of nitrogens with two attached hydrogens (primary N) is 1. The van der Waals surface area contributed by atoms with E-state index in [1.165, 1.54) is 6.08 Å². The number of nitrogens with zero attached hydrogens (tertiary/aromatic N) is 2. The Morgan fingerprint density at radius 2 is 2.14 bits per heavy atom. The van der Waals surface area contributed by atoms with Crippen molar-refractivity contribution in [2.75, 3.05) is 18.8 Å². The maximum absolute atomic E-state index is 12.6. The van der Waals surface area contributed by atoms with Gasteiger partial charge in [0.1, 0.15) is 5.82 Å². The van der Waals surface area contributed by atoms with Crippen LogP contribution < -0.4 is 5.73 Å². The number of hydrogen-bond acceptors (Lipinski definition) is 3. The van der Waals surface area contributed by atoms with E-state index >= 15 is 0 Å². The molecule has 0 aliphatic carbocycles. The number of benzene rings is 1. The van der Waals surface area contributed by atoms with Gasteiger partial charge < -0.3 is 10.7 Å². The first-order chi connectivity index (χ1) is 9.91. The van der Waals surface area contributed by atoms with Gasteiger partial charge in [-0.1, -0.05) is 6.08 Å². The first kappa shape index (κ1) is 13.9. The van der Waals surface area contributed by atoms with Gasteiger partial charge in [-0.3, -0.25) is 4.90 Å². The molecule has 0 spiro atoms. The van der Waals surface area contributed by atoms with E-state index in [4.69, 9.17) is 5.73 Å². The molecule has 3 N–H and O–H groups in total. The Morgan fingerprint density at radius 3 is 2.81 bits per heavy atom. The van der Waals surface area contributed by atoms with Crippen LogP contribution in [0.4, 0.5) is 18.9 Å². The number of nitrogen functional groups attached to an aromatic ring is 1. The molecule has 0 unspecified atom stereocenters. The summed E-state index contributed by atoms with van der Waals surface area (Å²) in [5.41, 5.74) is 7.56. The average Bonchev–Trinajstić information content (AvgIpc) is 2.79. The van der Waals surface area contributed by atoms with Crippen molar-refractivity contribution in [3.8, 4) is 0 Å². The van der Waals surface area contributed by atoms with Gasteiger partial charge in [0.2, 0.25) is 0 Å². The minimum atomic E-state index is -4.21. The number of fused-ring (bicyclic) bond motifs is 1. The van der Waals surface area contributed by atoms with Gasteiger partial charge in [0.25, 0.3) is 0 Å². The zero-order valence-electron chi connectivity index (χ0n) is 11.2. The number of H-pyrrole nitrogens is 1. The van der Waals surface area contributed by atoms with Crippen molar-refractivity contribution >= 4 is 16.7 Å². The summed E-state index contributed by atoms with van der Waals surface area (Å²) >= 11 is 0. The fraction of sp³-hybridized carbons (Fsp3) is 0.357. The van der Waals surface area contributed by atoms with Crippen LogP contribution in [-0.4, -0.2) is 34.1 Å². The van der Waals surface area contributed by atoms with Crippen molar-refractivity contribution in [3.05, 3.63) is 35.7 Å². The van der Waals surface area contributed by atoms with Crippen molar-refractivity contribution in [3.63, 3.8) is 0 Å². The molecule has 1 aromatic carbocycles. The van der Waals surface area contributed by atoms with E-state index in [0.717, 1.165) is 16.9 Å². The Hall–Kier alpha value is -2.02. The molecule has 3 rings (SSSR count). The third kappa shape index (κ3) is 3.02. The van der Waals surface area contributed by atoms with Crippen LogP contribution in [0.5, 0.6) is 0 Å². The molecular formula is C14H15F3N4. The molecule has 0 saturated heterocycles. The molecule has 2 aromatic rings. The predicted octanol–water partition coefficient (Wildman–Crippen LogP) is 2.84. The van der Waals surface area contributed by atoms with Crippen molar-refractivity contribution in [2.45, 2.75) is 19.1 Å².